The van der Waals surface area contributed by atoms with Gasteiger partial charge in [0.25, 0.3) is 0 Å². The van der Waals surface area contributed by atoms with Gasteiger partial charge in [-0.05, 0) is 6.10 Å². The summed E-state index contributed by atoms with van der Waals surface area (Å²) in [7, 11) is 0. The average Bonchev–Trinajstić information content (AvgIpc) is 1.84. The molecule has 0 radical (unpaired) electrons. The monoisotopic (exact) mass is 195 g/mol. The molecule has 0 saturated heterocycles. The molecule has 0 aromatic rings. The Hall–Kier alpha value is 1.02. The minimum atomic E-state index is -2.18. The van der Waals surface area contributed by atoms with Gasteiger partial charge in [-0.2, -0.15) is 0 Å². The Labute approximate surface area is 113 Å². The maximum atomic E-state index is 9.60. The molecular weight excluding hydrogens is 190 g/mol. The van der Waals surface area contributed by atoms with Crippen molar-refractivity contribution in [2.24, 2.45) is 0 Å². The predicted molar refractivity (Wildman–Crippen MR) is 24.6 cm³/mol. The van der Waals surface area contributed by atoms with Gasteiger partial charge in [0.05, 0.1) is 12.1 Å². The van der Waals surface area contributed by atoms with Gasteiger partial charge in [0.15, 0.2) is 0 Å². The zero-order valence-corrected chi connectivity index (χ0v) is 10.7. The Morgan fingerprint density at radius 1 is 1.33 bits per heavy atom. The van der Waals surface area contributed by atoms with Gasteiger partial charge >= 0.3 is 59.1 Å². The largest absolute Gasteiger partial charge is 1.00 e. The summed E-state index contributed by atoms with van der Waals surface area (Å²) in [6.45, 7) is 0. The molecule has 0 rings (SSSR count). The van der Waals surface area contributed by atoms with Gasteiger partial charge in [-0.25, -0.2) is 6.29 Å². The van der Waals surface area contributed by atoms with Crippen LogP contribution >= 0.6 is 0 Å². The van der Waals surface area contributed by atoms with Gasteiger partial charge in [0, 0.05) is 0 Å². The molecule has 6 nitrogen and oxygen atoms in total. The first-order valence-corrected chi connectivity index (χ1v) is 2.04. The Morgan fingerprint density at radius 3 is 1.75 bits per heavy atom. The third kappa shape index (κ3) is 9.11. The molecule has 8 heteroatoms. The molecule has 12 heavy (non-hydrogen) atoms. The van der Waals surface area contributed by atoms with E-state index in [2.05, 4.69) is 0 Å². The molecule has 0 aliphatic carbocycles. The van der Waals surface area contributed by atoms with E-state index in [-0.39, 0.29) is 64.6 Å². The second kappa shape index (κ2) is 12.0. The molecule has 0 fully saturated rings. The third-order valence-electron chi connectivity index (χ3n) is 0.661. The van der Waals surface area contributed by atoms with Crippen molar-refractivity contribution in [3.05, 3.63) is 0 Å². The van der Waals surface area contributed by atoms with Crippen LogP contribution in [0.1, 0.15) is 0 Å². The fourth-order valence-electron chi connectivity index (χ4n) is 0.193. The summed E-state index contributed by atoms with van der Waals surface area (Å²) in [5.41, 5.74) is 0. The molecule has 0 aliphatic heterocycles. The van der Waals surface area contributed by atoms with Gasteiger partial charge < -0.3 is 30.4 Å². The summed E-state index contributed by atoms with van der Waals surface area (Å²) >= 11 is 0. The van der Waals surface area contributed by atoms with Gasteiger partial charge in [0.1, 0.15) is 0 Å². The average molecular weight is 195 g/mol. The number of rotatable bonds is 3. The van der Waals surface area contributed by atoms with Crippen molar-refractivity contribution in [1.82, 2.24) is 0 Å². The molecule has 0 amide bonds. The summed E-state index contributed by atoms with van der Waals surface area (Å²) in [4.78, 5) is 19.0. The zero-order valence-electron chi connectivity index (χ0n) is 6.72. The number of aliphatic carboxylic acids is 1. The van der Waals surface area contributed by atoms with Crippen LogP contribution in [-0.2, 0) is 9.59 Å². The number of carboxylic acid groups (broad SMARTS) is 1. The first kappa shape index (κ1) is 23.1. The topological polar surface area (TPSA) is 128 Å². The Bertz CT molecular complexity index is 129. The van der Waals surface area contributed by atoms with E-state index in [0.29, 0.717) is 0 Å². The molecule has 0 aromatic carbocycles. The fraction of sp³-hybridized carbons (Fsp3) is 0.500. The molecule has 0 aliphatic rings. The van der Waals surface area contributed by atoms with Crippen molar-refractivity contribution < 1.29 is 89.5 Å². The number of aliphatic hydroxyl groups excluding tert-OH is 2. The van der Waals surface area contributed by atoms with E-state index in [1.54, 1.807) is 0 Å². The number of hydrogen-bond donors (Lipinski definition) is 2. The first-order chi connectivity index (χ1) is 4.09. The molecule has 0 aromatic heterocycles. The molecule has 0 heterocycles. The van der Waals surface area contributed by atoms with E-state index < -0.39 is 18.2 Å². The maximum Gasteiger partial charge on any atom is 1.00 e. The summed E-state index contributed by atoms with van der Waals surface area (Å²) < 4.78 is 0. The number of aliphatic hydroxyl groups is 2. The summed E-state index contributed by atoms with van der Waals surface area (Å²) in [6.07, 6.45) is -3.32. The van der Waals surface area contributed by atoms with Crippen molar-refractivity contribution in [3.63, 3.8) is 0 Å². The van der Waals surface area contributed by atoms with Crippen LogP contribution in [0.25, 0.3) is 0 Å². The first-order valence-electron chi connectivity index (χ1n) is 2.04. The Morgan fingerprint density at radius 2 is 1.67 bits per heavy atom. The van der Waals surface area contributed by atoms with Gasteiger partial charge in [-0.1, -0.05) is 0 Å². The van der Waals surface area contributed by atoms with Gasteiger partial charge in [-0.15, -0.1) is 0 Å². The number of hydrogen-bond acceptors (Lipinski definition) is 6. The van der Waals surface area contributed by atoms with Crippen LogP contribution < -0.4 is 64.2 Å². The summed E-state index contributed by atoms with van der Waals surface area (Å²) in [6, 6.07) is 0. The van der Waals surface area contributed by atoms with Crippen molar-refractivity contribution in [2.45, 2.75) is 12.2 Å². The molecule has 0 saturated carbocycles. The van der Waals surface area contributed by atoms with Crippen LogP contribution in [0.3, 0.4) is 0 Å². The van der Waals surface area contributed by atoms with E-state index in [1.807, 2.05) is 0 Å². The number of carbonyl (C=O) groups is 1. The summed E-state index contributed by atoms with van der Waals surface area (Å²) in [5, 5.41) is 26.0. The minimum Gasteiger partial charge on any atom is -0.870 e. The van der Waals surface area contributed by atoms with Crippen LogP contribution in [0, 0.1) is 0 Å². The molecule has 60 valence electrons. The van der Waals surface area contributed by atoms with Gasteiger partial charge in [0.2, 0.25) is 0 Å². The number of carbonyl (C=O) groups excluding carboxylic acids is 2. The molecule has 2 atom stereocenters. The quantitative estimate of drug-likeness (QED) is 0.340. The van der Waals surface area contributed by atoms with Crippen molar-refractivity contribution >= 4 is 12.3 Å². The van der Waals surface area contributed by atoms with Crippen molar-refractivity contribution in [1.29, 1.82) is 0 Å². The van der Waals surface area contributed by atoms with E-state index in [4.69, 9.17) is 10.2 Å². The molecular formula is C4H5Na2O6-. The standard InChI is InChI=1S/C4H5O5.2Na.H2O/c5-1-2(6)3(7)4(8)9;;;/h2-3,6-7H,(H,8,9);;;1H2/q-1;2*+1;/p-2/t2-,3+;;;/m0.../s1. The summed E-state index contributed by atoms with van der Waals surface area (Å²) in [5.74, 6) is -1.90. The molecule has 0 unspecified atom stereocenters. The Kier molecular flexibility index (Phi) is 23.2. The van der Waals surface area contributed by atoms with E-state index in [1.165, 1.54) is 0 Å². The minimum absolute atomic E-state index is 0. The van der Waals surface area contributed by atoms with Gasteiger partial charge in [-0.3, -0.25) is 0 Å². The second-order valence-electron chi connectivity index (χ2n) is 1.33. The van der Waals surface area contributed by atoms with E-state index >= 15 is 0 Å². The van der Waals surface area contributed by atoms with Crippen LogP contribution in [0.5, 0.6) is 0 Å². The normalized spacial score (nSPS) is 12.2. The molecule has 3 N–H and O–H groups in total. The maximum absolute atomic E-state index is 9.60. The smallest absolute Gasteiger partial charge is 0.870 e. The second-order valence-corrected chi connectivity index (χ2v) is 1.33. The van der Waals surface area contributed by atoms with Crippen LogP contribution in [0.2, 0.25) is 0 Å². The zero-order chi connectivity index (χ0) is 7.44. The molecule has 0 spiro atoms. The van der Waals surface area contributed by atoms with Crippen LogP contribution in [-0.4, -0.2) is 40.2 Å². The van der Waals surface area contributed by atoms with E-state index in [9.17, 15) is 14.7 Å². The van der Waals surface area contributed by atoms with Crippen molar-refractivity contribution in [3.8, 4) is 0 Å². The molecule has 0 bridgehead atoms. The number of carboxylic acids is 1. The fourth-order valence-corrected chi connectivity index (χ4v) is 0.193. The SMILES string of the molecule is O=[C-][C@H](O)[C@@H](O)C(=O)[O-].[Na+].[Na+].[OH-]. The van der Waals surface area contributed by atoms with E-state index in [0.717, 1.165) is 6.29 Å². The van der Waals surface area contributed by atoms with Crippen molar-refractivity contribution in [2.75, 3.05) is 0 Å². The van der Waals surface area contributed by atoms with Crippen LogP contribution in [0.4, 0.5) is 0 Å². The Balaban J connectivity index is -0.000000107. The predicted octanol–water partition coefficient (Wildman–Crippen LogP) is -9.60. The third-order valence-corrected chi connectivity index (χ3v) is 0.661. The van der Waals surface area contributed by atoms with Crippen LogP contribution in [0.15, 0.2) is 0 Å².